The zero-order valence-corrected chi connectivity index (χ0v) is 10.2. The van der Waals surface area contributed by atoms with Crippen LogP contribution >= 0.6 is 0 Å². The minimum atomic E-state index is -4.36. The van der Waals surface area contributed by atoms with Crippen molar-refractivity contribution in [2.24, 2.45) is 0 Å². The Hall–Kier alpha value is -0.860. The summed E-state index contributed by atoms with van der Waals surface area (Å²) in [7, 11) is 0. The SMILES string of the molecule is CC(O)CNCCNC(=O)CCOCC(F)(F)F. The maximum Gasteiger partial charge on any atom is 0.411 e. The second kappa shape index (κ2) is 9.12. The van der Waals surface area contributed by atoms with Crippen molar-refractivity contribution in [1.29, 1.82) is 0 Å². The standard InChI is InChI=1S/C10H19F3N2O3/c1-8(16)6-14-3-4-15-9(17)2-5-18-7-10(11,12)13/h8,14,16H,2-7H2,1H3,(H,15,17). The maximum atomic E-state index is 11.7. The fourth-order valence-electron chi connectivity index (χ4n) is 1.04. The molecule has 0 aliphatic heterocycles. The van der Waals surface area contributed by atoms with E-state index in [4.69, 9.17) is 5.11 Å². The molecule has 3 N–H and O–H groups in total. The first-order chi connectivity index (χ1) is 8.31. The first-order valence-electron chi connectivity index (χ1n) is 5.61. The fraction of sp³-hybridized carbons (Fsp3) is 0.900. The van der Waals surface area contributed by atoms with Crippen LogP contribution in [0, 0.1) is 0 Å². The molecule has 0 spiro atoms. The van der Waals surface area contributed by atoms with Gasteiger partial charge in [0, 0.05) is 26.1 Å². The van der Waals surface area contributed by atoms with E-state index in [1.165, 1.54) is 0 Å². The number of carbonyl (C=O) groups is 1. The third kappa shape index (κ3) is 13.2. The van der Waals surface area contributed by atoms with E-state index in [-0.39, 0.29) is 18.9 Å². The van der Waals surface area contributed by atoms with Crippen molar-refractivity contribution in [3.8, 4) is 0 Å². The van der Waals surface area contributed by atoms with E-state index in [9.17, 15) is 18.0 Å². The number of aliphatic hydroxyl groups excluding tert-OH is 1. The van der Waals surface area contributed by atoms with Gasteiger partial charge in [0.05, 0.1) is 12.7 Å². The first-order valence-corrected chi connectivity index (χ1v) is 5.61. The number of hydrogen-bond acceptors (Lipinski definition) is 4. The van der Waals surface area contributed by atoms with Crippen molar-refractivity contribution in [1.82, 2.24) is 10.6 Å². The monoisotopic (exact) mass is 272 g/mol. The van der Waals surface area contributed by atoms with E-state index in [1.54, 1.807) is 6.92 Å². The lowest BCUT2D eigenvalue weighted by molar-refractivity contribution is -0.174. The average Bonchev–Trinajstić information content (AvgIpc) is 2.22. The number of aliphatic hydroxyl groups is 1. The Kier molecular flexibility index (Phi) is 8.69. The van der Waals surface area contributed by atoms with Gasteiger partial charge in [0.25, 0.3) is 0 Å². The molecule has 0 rings (SSSR count). The van der Waals surface area contributed by atoms with Gasteiger partial charge in [-0.15, -0.1) is 0 Å². The van der Waals surface area contributed by atoms with Gasteiger partial charge in [-0.1, -0.05) is 0 Å². The van der Waals surface area contributed by atoms with Crippen molar-refractivity contribution >= 4 is 5.91 Å². The Morgan fingerprint density at radius 3 is 2.61 bits per heavy atom. The number of carbonyl (C=O) groups excluding carboxylic acids is 1. The third-order valence-corrected chi connectivity index (χ3v) is 1.80. The maximum absolute atomic E-state index is 11.7. The summed E-state index contributed by atoms with van der Waals surface area (Å²) in [5.41, 5.74) is 0. The summed E-state index contributed by atoms with van der Waals surface area (Å²) < 4.78 is 39.3. The van der Waals surface area contributed by atoms with Gasteiger partial charge in [0.2, 0.25) is 5.91 Å². The van der Waals surface area contributed by atoms with Crippen molar-refractivity contribution in [3.05, 3.63) is 0 Å². The van der Waals surface area contributed by atoms with Gasteiger partial charge in [-0.05, 0) is 6.92 Å². The van der Waals surface area contributed by atoms with Crippen molar-refractivity contribution < 1.29 is 27.8 Å². The van der Waals surface area contributed by atoms with Crippen molar-refractivity contribution in [2.45, 2.75) is 25.6 Å². The first kappa shape index (κ1) is 17.1. The molecule has 0 aromatic rings. The molecule has 0 fully saturated rings. The lowest BCUT2D eigenvalue weighted by Gasteiger charge is -2.09. The highest BCUT2D eigenvalue weighted by atomic mass is 19.4. The number of halogens is 3. The lowest BCUT2D eigenvalue weighted by atomic mass is 10.4. The molecule has 0 aromatic heterocycles. The molecular weight excluding hydrogens is 253 g/mol. The van der Waals surface area contributed by atoms with Gasteiger partial charge in [0.1, 0.15) is 6.61 Å². The minimum Gasteiger partial charge on any atom is -0.392 e. The summed E-state index contributed by atoms with van der Waals surface area (Å²) in [5, 5.41) is 14.3. The Balaban J connectivity index is 3.33. The number of rotatable bonds is 9. The predicted molar refractivity (Wildman–Crippen MR) is 59.1 cm³/mol. The molecule has 0 aromatic carbocycles. The Labute approximate surface area is 104 Å². The van der Waals surface area contributed by atoms with Crippen LogP contribution in [0.3, 0.4) is 0 Å². The van der Waals surface area contributed by atoms with E-state index < -0.39 is 18.9 Å². The Bertz CT molecular complexity index is 235. The molecule has 0 heterocycles. The number of alkyl halides is 3. The van der Waals surface area contributed by atoms with Gasteiger partial charge < -0.3 is 20.5 Å². The molecule has 18 heavy (non-hydrogen) atoms. The van der Waals surface area contributed by atoms with Crippen molar-refractivity contribution in [2.75, 3.05) is 32.8 Å². The molecule has 108 valence electrons. The molecule has 1 unspecified atom stereocenters. The van der Waals surface area contributed by atoms with E-state index >= 15 is 0 Å². The predicted octanol–water partition coefficient (Wildman–Crippen LogP) is 0.0420. The summed E-state index contributed by atoms with van der Waals surface area (Å²) in [5.74, 6) is -0.365. The highest BCUT2D eigenvalue weighted by Crippen LogP contribution is 2.14. The summed E-state index contributed by atoms with van der Waals surface area (Å²) in [6.45, 7) is 1.29. The highest BCUT2D eigenvalue weighted by Gasteiger charge is 2.27. The van der Waals surface area contributed by atoms with Gasteiger partial charge in [-0.25, -0.2) is 0 Å². The molecule has 0 radical (unpaired) electrons. The summed E-state index contributed by atoms with van der Waals surface area (Å²) >= 11 is 0. The topological polar surface area (TPSA) is 70.6 Å². The average molecular weight is 272 g/mol. The molecule has 8 heteroatoms. The fourth-order valence-corrected chi connectivity index (χ4v) is 1.04. The summed E-state index contributed by atoms with van der Waals surface area (Å²) in [4.78, 5) is 11.1. The lowest BCUT2D eigenvalue weighted by Crippen LogP contribution is -2.35. The number of amides is 1. The van der Waals surface area contributed by atoms with Crippen LogP contribution in [0.1, 0.15) is 13.3 Å². The van der Waals surface area contributed by atoms with Gasteiger partial charge in [0.15, 0.2) is 0 Å². The van der Waals surface area contributed by atoms with Crippen LogP contribution in [-0.4, -0.2) is 56.1 Å². The molecule has 0 aliphatic carbocycles. The van der Waals surface area contributed by atoms with Gasteiger partial charge in [-0.2, -0.15) is 13.2 Å². The van der Waals surface area contributed by atoms with Crippen LogP contribution < -0.4 is 10.6 Å². The number of nitrogens with one attached hydrogen (secondary N) is 2. The number of hydrogen-bond donors (Lipinski definition) is 3. The largest absolute Gasteiger partial charge is 0.411 e. The molecule has 0 aliphatic rings. The second-order valence-corrected chi connectivity index (χ2v) is 3.82. The van der Waals surface area contributed by atoms with E-state index in [0.29, 0.717) is 19.6 Å². The van der Waals surface area contributed by atoms with E-state index in [2.05, 4.69) is 15.4 Å². The van der Waals surface area contributed by atoms with Crippen LogP contribution in [0.4, 0.5) is 13.2 Å². The highest BCUT2D eigenvalue weighted by molar-refractivity contribution is 5.75. The van der Waals surface area contributed by atoms with Gasteiger partial charge >= 0.3 is 6.18 Å². The molecule has 0 saturated heterocycles. The zero-order chi connectivity index (χ0) is 14.0. The van der Waals surface area contributed by atoms with E-state index in [1.807, 2.05) is 0 Å². The van der Waals surface area contributed by atoms with Crippen LogP contribution in [-0.2, 0) is 9.53 Å². The molecule has 1 amide bonds. The van der Waals surface area contributed by atoms with Crippen LogP contribution in [0.25, 0.3) is 0 Å². The molecule has 0 bridgehead atoms. The molecule has 5 nitrogen and oxygen atoms in total. The van der Waals surface area contributed by atoms with E-state index in [0.717, 1.165) is 0 Å². The Morgan fingerprint density at radius 2 is 2.06 bits per heavy atom. The Morgan fingerprint density at radius 1 is 1.39 bits per heavy atom. The molecule has 1 atom stereocenters. The smallest absolute Gasteiger partial charge is 0.392 e. The summed E-state index contributed by atoms with van der Waals surface area (Å²) in [6, 6.07) is 0. The van der Waals surface area contributed by atoms with Crippen LogP contribution in [0.2, 0.25) is 0 Å². The zero-order valence-electron chi connectivity index (χ0n) is 10.2. The van der Waals surface area contributed by atoms with Crippen LogP contribution in [0.5, 0.6) is 0 Å². The van der Waals surface area contributed by atoms with Gasteiger partial charge in [-0.3, -0.25) is 4.79 Å². The minimum absolute atomic E-state index is 0.105. The molecular formula is C10H19F3N2O3. The second-order valence-electron chi connectivity index (χ2n) is 3.82. The normalized spacial score (nSPS) is 13.4. The molecule has 0 saturated carbocycles. The number of ether oxygens (including phenoxy) is 1. The van der Waals surface area contributed by atoms with Crippen LogP contribution in [0.15, 0.2) is 0 Å². The summed E-state index contributed by atoms with van der Waals surface area (Å²) in [6.07, 6.45) is -4.93. The quantitative estimate of drug-likeness (QED) is 0.518. The third-order valence-electron chi connectivity index (χ3n) is 1.80. The van der Waals surface area contributed by atoms with Crippen molar-refractivity contribution in [3.63, 3.8) is 0 Å².